The molecule has 2 atom stereocenters. The van der Waals surface area contributed by atoms with E-state index in [0.29, 0.717) is 18.4 Å². The van der Waals surface area contributed by atoms with Crippen LogP contribution in [0, 0.1) is 0 Å². The van der Waals surface area contributed by atoms with Crippen LogP contribution in [0.15, 0.2) is 103 Å². The van der Waals surface area contributed by atoms with E-state index in [1.54, 1.807) is 0 Å². The van der Waals surface area contributed by atoms with E-state index in [2.05, 4.69) is 6.92 Å². The zero-order valence-corrected chi connectivity index (χ0v) is 20.0. The summed E-state index contributed by atoms with van der Waals surface area (Å²) in [6.45, 7) is 3.96. The predicted molar refractivity (Wildman–Crippen MR) is 140 cm³/mol. The maximum atomic E-state index is 13.7. The van der Waals surface area contributed by atoms with E-state index in [4.69, 9.17) is 0 Å². The first-order chi connectivity index (χ1) is 17.1. The topological polar surface area (TPSA) is 45.6 Å². The summed E-state index contributed by atoms with van der Waals surface area (Å²) in [5, 5.41) is 0. The number of fused-ring (bicyclic) bond motifs is 1. The Morgan fingerprint density at radius 3 is 2.20 bits per heavy atom. The second-order valence-corrected chi connectivity index (χ2v) is 8.92. The lowest BCUT2D eigenvalue weighted by Gasteiger charge is -2.43. The molecule has 0 radical (unpaired) electrons. The van der Waals surface area contributed by atoms with Crippen LogP contribution in [-0.2, 0) is 4.79 Å². The average Bonchev–Trinajstić information content (AvgIpc) is 3.44. The van der Waals surface area contributed by atoms with Gasteiger partial charge in [0.15, 0.2) is 0 Å². The molecule has 0 N–H and O–H groups in total. The summed E-state index contributed by atoms with van der Waals surface area (Å²) >= 11 is 0. The number of anilines is 2. The van der Waals surface area contributed by atoms with Crippen molar-refractivity contribution in [2.75, 3.05) is 9.80 Å². The van der Waals surface area contributed by atoms with Gasteiger partial charge < -0.3 is 14.4 Å². The van der Waals surface area contributed by atoms with E-state index in [9.17, 15) is 9.59 Å². The quantitative estimate of drug-likeness (QED) is 0.344. The third kappa shape index (κ3) is 4.26. The van der Waals surface area contributed by atoms with E-state index in [1.165, 1.54) is 0 Å². The molecule has 0 aliphatic carbocycles. The fraction of sp³-hybridized carbons (Fsp3) is 0.200. The van der Waals surface area contributed by atoms with Gasteiger partial charge in [0, 0.05) is 47.5 Å². The summed E-state index contributed by atoms with van der Waals surface area (Å²) in [4.78, 5) is 30.7. The molecular weight excluding hydrogens is 434 g/mol. The Kier molecular flexibility index (Phi) is 6.23. The number of amides is 2. The highest BCUT2D eigenvalue weighted by Gasteiger charge is 2.38. The first-order valence-electron chi connectivity index (χ1n) is 12.1. The highest BCUT2D eigenvalue weighted by atomic mass is 16.2. The van der Waals surface area contributed by atoms with Gasteiger partial charge in [-0.2, -0.15) is 0 Å². The first kappa shape index (κ1) is 22.7. The molecule has 1 aliphatic rings. The monoisotopic (exact) mass is 463 g/mol. The number of aromatic nitrogens is 1. The number of hydrogen-bond donors (Lipinski definition) is 0. The molecule has 4 aromatic rings. The van der Waals surface area contributed by atoms with Crippen molar-refractivity contribution in [3.63, 3.8) is 0 Å². The van der Waals surface area contributed by atoms with Crippen LogP contribution in [0.1, 0.15) is 48.7 Å². The summed E-state index contributed by atoms with van der Waals surface area (Å²) in [6, 6.07) is 29.2. The minimum Gasteiger partial charge on any atom is -0.324 e. The number of hydrogen-bond acceptors (Lipinski definition) is 2. The Morgan fingerprint density at radius 2 is 1.51 bits per heavy atom. The van der Waals surface area contributed by atoms with Crippen molar-refractivity contribution in [2.45, 2.75) is 38.8 Å². The summed E-state index contributed by atoms with van der Waals surface area (Å²) < 4.78 is 2.01. The Labute approximate surface area is 206 Å². The molecular formula is C30H29N3O2. The number of carbonyl (C=O) groups is 2. The molecule has 1 aromatic heterocycles. The lowest BCUT2D eigenvalue weighted by Crippen LogP contribution is -2.47. The van der Waals surface area contributed by atoms with E-state index in [1.807, 2.05) is 125 Å². The molecule has 5 heteroatoms. The number of rotatable bonds is 5. The zero-order chi connectivity index (χ0) is 24.4. The van der Waals surface area contributed by atoms with Crippen molar-refractivity contribution in [3.8, 4) is 5.69 Å². The van der Waals surface area contributed by atoms with Gasteiger partial charge in [0.2, 0.25) is 5.91 Å². The van der Waals surface area contributed by atoms with E-state index < -0.39 is 0 Å². The molecule has 5 nitrogen and oxygen atoms in total. The largest absolute Gasteiger partial charge is 0.324 e. The van der Waals surface area contributed by atoms with E-state index in [0.717, 1.165) is 22.6 Å². The van der Waals surface area contributed by atoms with Gasteiger partial charge >= 0.3 is 0 Å². The molecule has 3 aromatic carbocycles. The third-order valence-corrected chi connectivity index (χ3v) is 6.71. The highest BCUT2D eigenvalue weighted by molar-refractivity contribution is 6.07. The molecule has 0 bridgehead atoms. The van der Waals surface area contributed by atoms with Crippen molar-refractivity contribution in [1.29, 1.82) is 0 Å². The molecule has 176 valence electrons. The predicted octanol–water partition coefficient (Wildman–Crippen LogP) is 6.40. The summed E-state index contributed by atoms with van der Waals surface area (Å²) in [5.74, 6) is 0.0408. The summed E-state index contributed by atoms with van der Waals surface area (Å²) in [7, 11) is 0. The highest BCUT2D eigenvalue weighted by Crippen LogP contribution is 2.42. The van der Waals surface area contributed by atoms with Gasteiger partial charge in [-0.05, 0) is 73.5 Å². The van der Waals surface area contributed by atoms with Crippen LogP contribution in [0.4, 0.5) is 11.4 Å². The van der Waals surface area contributed by atoms with Crippen LogP contribution in [0.3, 0.4) is 0 Å². The Morgan fingerprint density at radius 1 is 0.857 bits per heavy atom. The van der Waals surface area contributed by atoms with Crippen molar-refractivity contribution < 1.29 is 9.59 Å². The van der Waals surface area contributed by atoms with Crippen molar-refractivity contribution in [3.05, 3.63) is 115 Å². The maximum absolute atomic E-state index is 13.7. The molecule has 0 saturated carbocycles. The number of benzene rings is 3. The zero-order valence-electron chi connectivity index (χ0n) is 20.0. The minimum absolute atomic E-state index is 0.0319. The standard InChI is InChI=1S/C30H29N3O2/c1-3-29(34)33(25-11-5-4-6-12-25)28-21-22(2)32(27-14-8-7-13-26(27)28)30(35)23-15-17-24(18-16-23)31-19-9-10-20-31/h4-20,22,28H,3,21H2,1-2H3. The Hall–Kier alpha value is -4.12. The lowest BCUT2D eigenvalue weighted by atomic mass is 9.89. The van der Waals surface area contributed by atoms with E-state index >= 15 is 0 Å². The SMILES string of the molecule is CCC(=O)N(c1ccccc1)C1CC(C)N(C(=O)c2ccc(-n3cccc3)cc2)c2ccccc21. The van der Waals surface area contributed by atoms with Gasteiger partial charge in [0.05, 0.1) is 6.04 Å². The van der Waals surface area contributed by atoms with Gasteiger partial charge in [-0.3, -0.25) is 9.59 Å². The number of nitrogens with zero attached hydrogens (tertiary/aromatic N) is 3. The fourth-order valence-electron chi connectivity index (χ4n) is 5.01. The van der Waals surface area contributed by atoms with Crippen molar-refractivity contribution >= 4 is 23.2 Å². The molecule has 0 saturated heterocycles. The van der Waals surface area contributed by atoms with Crippen LogP contribution < -0.4 is 9.80 Å². The minimum atomic E-state index is -0.142. The second-order valence-electron chi connectivity index (χ2n) is 8.92. The van der Waals surface area contributed by atoms with Gasteiger partial charge in [-0.25, -0.2) is 0 Å². The van der Waals surface area contributed by atoms with Crippen LogP contribution in [0.5, 0.6) is 0 Å². The Bertz CT molecular complexity index is 1310. The van der Waals surface area contributed by atoms with Gasteiger partial charge in [-0.1, -0.05) is 43.3 Å². The van der Waals surface area contributed by atoms with Crippen LogP contribution in [0.2, 0.25) is 0 Å². The maximum Gasteiger partial charge on any atom is 0.258 e. The lowest BCUT2D eigenvalue weighted by molar-refractivity contribution is -0.118. The van der Waals surface area contributed by atoms with Crippen LogP contribution in [0.25, 0.3) is 5.69 Å². The third-order valence-electron chi connectivity index (χ3n) is 6.71. The van der Waals surface area contributed by atoms with Gasteiger partial charge in [-0.15, -0.1) is 0 Å². The molecule has 5 rings (SSSR count). The fourth-order valence-corrected chi connectivity index (χ4v) is 5.01. The smallest absolute Gasteiger partial charge is 0.258 e. The number of para-hydroxylation sites is 2. The molecule has 2 unspecified atom stereocenters. The number of carbonyl (C=O) groups excluding carboxylic acids is 2. The van der Waals surface area contributed by atoms with E-state index in [-0.39, 0.29) is 23.9 Å². The average molecular weight is 464 g/mol. The molecule has 2 amide bonds. The Balaban J connectivity index is 1.51. The molecule has 2 heterocycles. The second kappa shape index (κ2) is 9.63. The molecule has 0 fully saturated rings. The van der Waals surface area contributed by atoms with Crippen molar-refractivity contribution in [2.24, 2.45) is 0 Å². The molecule has 35 heavy (non-hydrogen) atoms. The van der Waals surface area contributed by atoms with Crippen LogP contribution >= 0.6 is 0 Å². The van der Waals surface area contributed by atoms with Gasteiger partial charge in [0.1, 0.15) is 0 Å². The normalized spacial score (nSPS) is 17.0. The van der Waals surface area contributed by atoms with Crippen LogP contribution in [-0.4, -0.2) is 22.4 Å². The summed E-state index contributed by atoms with van der Waals surface area (Å²) in [5.41, 5.74) is 4.39. The van der Waals surface area contributed by atoms with Crippen molar-refractivity contribution in [1.82, 2.24) is 4.57 Å². The molecule has 0 spiro atoms. The van der Waals surface area contributed by atoms with Gasteiger partial charge in [0.25, 0.3) is 5.91 Å². The molecule has 1 aliphatic heterocycles. The first-order valence-corrected chi connectivity index (χ1v) is 12.1. The summed E-state index contributed by atoms with van der Waals surface area (Å²) in [6.07, 6.45) is 5.04.